The molecule has 1 heterocycles. The molecule has 1 aromatic carbocycles. The van der Waals surface area contributed by atoms with Crippen LogP contribution in [0.3, 0.4) is 0 Å². The second kappa shape index (κ2) is 8.61. The van der Waals surface area contributed by atoms with Crippen molar-refractivity contribution in [1.29, 1.82) is 0 Å². The molecular formula is C17H24N4O5. The number of rotatable bonds is 5. The van der Waals surface area contributed by atoms with E-state index in [1.165, 1.54) is 25.3 Å². The molecule has 0 aliphatic carbocycles. The molecule has 0 radical (unpaired) electrons. The second-order valence-corrected chi connectivity index (χ2v) is 6.35. The highest BCUT2D eigenvalue weighted by atomic mass is 16.6. The number of methoxy groups -OCH3 is 1. The normalized spacial score (nSPS) is 15.3. The molecule has 1 aliphatic heterocycles. The van der Waals surface area contributed by atoms with Crippen LogP contribution >= 0.6 is 0 Å². The standard InChI is InChI=1S/C17H24N4O5/c1-18(2)16(22)12-19-7-4-8-20(10-9-19)17(23)14-11-13(21(24)25)5-6-15(14)26-3/h5-6,11H,4,7-10,12H2,1-3H3. The number of nitrogens with zero attached hydrogens (tertiary/aromatic N) is 4. The van der Waals surface area contributed by atoms with E-state index < -0.39 is 4.92 Å². The lowest BCUT2D eigenvalue weighted by Gasteiger charge is -2.23. The summed E-state index contributed by atoms with van der Waals surface area (Å²) < 4.78 is 5.19. The van der Waals surface area contributed by atoms with Crippen LogP contribution in [0.5, 0.6) is 5.75 Å². The van der Waals surface area contributed by atoms with Crippen LogP contribution in [0.15, 0.2) is 18.2 Å². The van der Waals surface area contributed by atoms with E-state index in [2.05, 4.69) is 0 Å². The molecular weight excluding hydrogens is 340 g/mol. The molecule has 1 aromatic rings. The summed E-state index contributed by atoms with van der Waals surface area (Å²) in [6, 6.07) is 4.00. The van der Waals surface area contributed by atoms with E-state index in [1.807, 2.05) is 4.90 Å². The molecule has 2 rings (SSSR count). The number of carbonyl (C=O) groups is 2. The van der Waals surface area contributed by atoms with Crippen molar-refractivity contribution in [2.75, 3.05) is 53.9 Å². The van der Waals surface area contributed by atoms with Gasteiger partial charge < -0.3 is 14.5 Å². The topological polar surface area (TPSA) is 96.2 Å². The first-order valence-electron chi connectivity index (χ1n) is 8.37. The van der Waals surface area contributed by atoms with Gasteiger partial charge in [0.1, 0.15) is 5.75 Å². The predicted octanol–water partition coefficient (Wildman–Crippen LogP) is 0.840. The van der Waals surface area contributed by atoms with Gasteiger partial charge in [-0.25, -0.2) is 0 Å². The minimum Gasteiger partial charge on any atom is -0.496 e. The molecule has 0 N–H and O–H groups in total. The summed E-state index contributed by atoms with van der Waals surface area (Å²) in [4.78, 5) is 40.4. The van der Waals surface area contributed by atoms with Crippen molar-refractivity contribution >= 4 is 17.5 Å². The lowest BCUT2D eigenvalue weighted by Crippen LogP contribution is -2.39. The van der Waals surface area contributed by atoms with Crippen LogP contribution in [-0.2, 0) is 4.79 Å². The molecule has 26 heavy (non-hydrogen) atoms. The van der Waals surface area contributed by atoms with Crippen molar-refractivity contribution in [2.24, 2.45) is 0 Å². The fraction of sp³-hybridized carbons (Fsp3) is 0.529. The average molecular weight is 364 g/mol. The molecule has 1 aliphatic rings. The van der Waals surface area contributed by atoms with Gasteiger partial charge in [-0.3, -0.25) is 24.6 Å². The number of nitro benzene ring substituents is 1. The first kappa shape index (κ1) is 19.6. The zero-order valence-corrected chi connectivity index (χ0v) is 15.3. The van der Waals surface area contributed by atoms with Gasteiger partial charge in [-0.15, -0.1) is 0 Å². The van der Waals surface area contributed by atoms with E-state index in [-0.39, 0.29) is 23.1 Å². The van der Waals surface area contributed by atoms with Crippen molar-refractivity contribution < 1.29 is 19.2 Å². The smallest absolute Gasteiger partial charge is 0.270 e. The average Bonchev–Trinajstić information content (AvgIpc) is 2.85. The van der Waals surface area contributed by atoms with Crippen molar-refractivity contribution in [3.8, 4) is 5.75 Å². The molecule has 9 nitrogen and oxygen atoms in total. The zero-order chi connectivity index (χ0) is 19.3. The Morgan fingerprint density at radius 2 is 1.96 bits per heavy atom. The van der Waals surface area contributed by atoms with Crippen LogP contribution in [0.25, 0.3) is 0 Å². The van der Waals surface area contributed by atoms with Crippen molar-refractivity contribution in [3.63, 3.8) is 0 Å². The molecule has 0 unspecified atom stereocenters. The van der Waals surface area contributed by atoms with E-state index in [9.17, 15) is 19.7 Å². The van der Waals surface area contributed by atoms with E-state index in [1.54, 1.807) is 23.9 Å². The molecule has 142 valence electrons. The van der Waals surface area contributed by atoms with Crippen LogP contribution in [0.4, 0.5) is 5.69 Å². The van der Waals surface area contributed by atoms with E-state index in [4.69, 9.17) is 4.74 Å². The van der Waals surface area contributed by atoms with Gasteiger partial charge in [0.05, 0.1) is 24.1 Å². The first-order valence-corrected chi connectivity index (χ1v) is 8.37. The number of likely N-dealkylation sites (N-methyl/N-ethyl adjacent to an activating group) is 1. The summed E-state index contributed by atoms with van der Waals surface area (Å²) in [6.45, 7) is 2.58. The van der Waals surface area contributed by atoms with Gasteiger partial charge in [0, 0.05) is 52.4 Å². The minimum absolute atomic E-state index is 0.0186. The zero-order valence-electron chi connectivity index (χ0n) is 15.3. The number of ether oxygens (including phenoxy) is 1. The van der Waals surface area contributed by atoms with Gasteiger partial charge in [0.15, 0.2) is 0 Å². The number of hydrogen-bond donors (Lipinski definition) is 0. The third-order valence-corrected chi connectivity index (χ3v) is 4.36. The van der Waals surface area contributed by atoms with Gasteiger partial charge >= 0.3 is 0 Å². The van der Waals surface area contributed by atoms with Crippen LogP contribution < -0.4 is 4.74 Å². The summed E-state index contributed by atoms with van der Waals surface area (Å²) in [5, 5.41) is 11.0. The Bertz CT molecular complexity index is 692. The monoisotopic (exact) mass is 364 g/mol. The number of nitro groups is 1. The second-order valence-electron chi connectivity index (χ2n) is 6.35. The van der Waals surface area contributed by atoms with E-state index >= 15 is 0 Å². The summed E-state index contributed by atoms with van der Waals surface area (Å²) >= 11 is 0. The largest absolute Gasteiger partial charge is 0.496 e. The third-order valence-electron chi connectivity index (χ3n) is 4.36. The molecule has 0 atom stereocenters. The lowest BCUT2D eigenvalue weighted by atomic mass is 10.1. The van der Waals surface area contributed by atoms with Gasteiger partial charge in [-0.2, -0.15) is 0 Å². The molecule has 0 aromatic heterocycles. The SMILES string of the molecule is COc1ccc([N+](=O)[O-])cc1C(=O)N1CCCN(CC(=O)N(C)C)CC1. The summed E-state index contributed by atoms with van der Waals surface area (Å²) in [7, 11) is 4.85. The number of amides is 2. The van der Waals surface area contributed by atoms with Gasteiger partial charge in [0.2, 0.25) is 5.91 Å². The quantitative estimate of drug-likeness (QED) is 0.567. The Labute approximate surface area is 152 Å². The van der Waals surface area contributed by atoms with E-state index in [0.717, 1.165) is 13.0 Å². The van der Waals surface area contributed by atoms with Crippen LogP contribution in [0.1, 0.15) is 16.8 Å². The third kappa shape index (κ3) is 4.69. The highest BCUT2D eigenvalue weighted by Crippen LogP contribution is 2.25. The summed E-state index contributed by atoms with van der Waals surface area (Å²) in [5.74, 6) is 0.0287. The van der Waals surface area contributed by atoms with Crippen LogP contribution in [0, 0.1) is 10.1 Å². The Balaban J connectivity index is 2.11. The van der Waals surface area contributed by atoms with Gasteiger partial charge in [-0.05, 0) is 12.5 Å². The maximum Gasteiger partial charge on any atom is 0.270 e. The van der Waals surface area contributed by atoms with Gasteiger partial charge in [0.25, 0.3) is 11.6 Å². The lowest BCUT2D eigenvalue weighted by molar-refractivity contribution is -0.384. The van der Waals surface area contributed by atoms with E-state index in [0.29, 0.717) is 31.9 Å². The molecule has 2 amide bonds. The van der Waals surface area contributed by atoms with Crippen molar-refractivity contribution in [3.05, 3.63) is 33.9 Å². The Morgan fingerprint density at radius 1 is 1.23 bits per heavy atom. The van der Waals surface area contributed by atoms with Crippen molar-refractivity contribution in [1.82, 2.24) is 14.7 Å². The molecule has 9 heteroatoms. The minimum atomic E-state index is -0.534. The molecule has 0 bridgehead atoms. The maximum atomic E-state index is 12.9. The number of hydrogen-bond acceptors (Lipinski definition) is 6. The highest BCUT2D eigenvalue weighted by molar-refractivity contribution is 5.97. The molecule has 0 spiro atoms. The highest BCUT2D eigenvalue weighted by Gasteiger charge is 2.25. The summed E-state index contributed by atoms with van der Waals surface area (Å²) in [6.07, 6.45) is 0.726. The molecule has 0 saturated carbocycles. The van der Waals surface area contributed by atoms with Crippen molar-refractivity contribution in [2.45, 2.75) is 6.42 Å². The number of benzene rings is 1. The number of non-ortho nitro benzene ring substituents is 1. The summed E-state index contributed by atoms with van der Waals surface area (Å²) in [5.41, 5.74) is 0.0293. The van der Waals surface area contributed by atoms with Gasteiger partial charge in [-0.1, -0.05) is 0 Å². The first-order chi connectivity index (χ1) is 12.3. The van der Waals surface area contributed by atoms with Crippen LogP contribution in [0.2, 0.25) is 0 Å². The number of carbonyl (C=O) groups excluding carboxylic acids is 2. The molecule has 1 saturated heterocycles. The Kier molecular flexibility index (Phi) is 6.51. The maximum absolute atomic E-state index is 12.9. The molecule has 1 fully saturated rings. The predicted molar refractivity (Wildman–Crippen MR) is 95.3 cm³/mol. The fourth-order valence-electron chi connectivity index (χ4n) is 2.81. The van der Waals surface area contributed by atoms with Crippen LogP contribution in [-0.4, -0.2) is 85.4 Å². The Morgan fingerprint density at radius 3 is 2.58 bits per heavy atom. The fourth-order valence-corrected chi connectivity index (χ4v) is 2.81. The Hall–Kier alpha value is -2.68.